The summed E-state index contributed by atoms with van der Waals surface area (Å²) in [5.41, 5.74) is 0.270. The van der Waals surface area contributed by atoms with Crippen molar-refractivity contribution in [2.75, 3.05) is 6.61 Å². The lowest BCUT2D eigenvalue weighted by atomic mass is 10.0. The molecule has 0 unspecified atom stereocenters. The number of hydrogen-bond acceptors (Lipinski definition) is 9. The lowest BCUT2D eigenvalue weighted by molar-refractivity contribution is -0.385. The number of hydrogen-bond donors (Lipinski definition) is 0. The first kappa shape index (κ1) is 22.7. The first-order chi connectivity index (χ1) is 14.6. The van der Waals surface area contributed by atoms with Crippen LogP contribution in [0.5, 0.6) is 0 Å². The summed E-state index contributed by atoms with van der Waals surface area (Å²) in [4.78, 5) is 45.8. The van der Waals surface area contributed by atoms with Crippen LogP contribution in [0.1, 0.15) is 27.0 Å². The molecule has 1 aromatic heterocycles. The molecule has 166 valence electrons. The van der Waals surface area contributed by atoms with Crippen LogP contribution in [0.15, 0.2) is 28.9 Å². The molecular formula is C19H19BrN2O9. The largest absolute Gasteiger partial charge is 0.456 e. The highest BCUT2D eigenvalue weighted by atomic mass is 79.9. The SMILES string of the molecule is CC(=O)O[C@@H]1[C@H](OC(C)=O)[C@@H](n2ccc3cc(Br)c([N+](=O)[O-])cc32)OC[C@H]1OC(C)=O. The van der Waals surface area contributed by atoms with Crippen molar-refractivity contribution in [1.82, 2.24) is 4.57 Å². The summed E-state index contributed by atoms with van der Waals surface area (Å²) in [6.07, 6.45) is -2.73. The molecule has 0 N–H and O–H groups in total. The number of benzene rings is 1. The highest BCUT2D eigenvalue weighted by Crippen LogP contribution is 2.36. The molecule has 2 heterocycles. The highest BCUT2D eigenvalue weighted by Gasteiger charge is 2.47. The van der Waals surface area contributed by atoms with Crippen molar-refractivity contribution >= 4 is 50.4 Å². The molecule has 0 saturated carbocycles. The van der Waals surface area contributed by atoms with Crippen molar-refractivity contribution in [2.24, 2.45) is 0 Å². The van der Waals surface area contributed by atoms with Crippen LogP contribution < -0.4 is 0 Å². The minimum Gasteiger partial charge on any atom is -0.456 e. The summed E-state index contributed by atoms with van der Waals surface area (Å²) in [6, 6.07) is 4.64. The van der Waals surface area contributed by atoms with E-state index < -0.39 is 47.4 Å². The Morgan fingerprint density at radius 2 is 1.71 bits per heavy atom. The van der Waals surface area contributed by atoms with E-state index in [0.29, 0.717) is 15.4 Å². The number of aromatic nitrogens is 1. The van der Waals surface area contributed by atoms with E-state index in [4.69, 9.17) is 18.9 Å². The highest BCUT2D eigenvalue weighted by molar-refractivity contribution is 9.10. The Labute approximate surface area is 184 Å². The lowest BCUT2D eigenvalue weighted by Crippen LogP contribution is -2.55. The monoisotopic (exact) mass is 498 g/mol. The Morgan fingerprint density at radius 3 is 2.29 bits per heavy atom. The molecule has 11 nitrogen and oxygen atoms in total. The molecule has 1 fully saturated rings. The Kier molecular flexibility index (Phi) is 6.60. The zero-order chi connectivity index (χ0) is 22.9. The van der Waals surface area contributed by atoms with Crippen LogP contribution in [-0.2, 0) is 33.3 Å². The van der Waals surface area contributed by atoms with Crippen LogP contribution in [-0.4, -0.2) is 52.3 Å². The fraction of sp³-hybridized carbons (Fsp3) is 0.421. The van der Waals surface area contributed by atoms with Crippen LogP contribution in [0.3, 0.4) is 0 Å². The van der Waals surface area contributed by atoms with E-state index in [1.165, 1.54) is 26.8 Å². The molecule has 1 aliphatic heterocycles. The molecule has 4 atom stereocenters. The second-order valence-electron chi connectivity index (χ2n) is 6.86. The minimum absolute atomic E-state index is 0.155. The van der Waals surface area contributed by atoms with E-state index in [1.807, 2.05) is 0 Å². The number of halogens is 1. The molecule has 1 aliphatic rings. The minimum atomic E-state index is -1.18. The molecule has 0 radical (unpaired) electrons. The van der Waals surface area contributed by atoms with E-state index in [9.17, 15) is 24.5 Å². The summed E-state index contributed by atoms with van der Waals surface area (Å²) in [7, 11) is 0. The second-order valence-corrected chi connectivity index (χ2v) is 7.72. The van der Waals surface area contributed by atoms with E-state index >= 15 is 0 Å². The van der Waals surface area contributed by atoms with Crippen LogP contribution >= 0.6 is 15.9 Å². The van der Waals surface area contributed by atoms with Crippen LogP contribution in [0, 0.1) is 10.1 Å². The number of fused-ring (bicyclic) bond motifs is 1. The molecular weight excluding hydrogens is 480 g/mol. The van der Waals surface area contributed by atoms with Crippen LogP contribution in [0.2, 0.25) is 0 Å². The summed E-state index contributed by atoms with van der Waals surface area (Å²) in [5, 5.41) is 12.0. The van der Waals surface area contributed by atoms with Gasteiger partial charge in [0.15, 0.2) is 24.5 Å². The number of carbonyl (C=O) groups is 3. The van der Waals surface area contributed by atoms with Gasteiger partial charge in [0.25, 0.3) is 5.69 Å². The van der Waals surface area contributed by atoms with Crippen LogP contribution in [0.25, 0.3) is 10.9 Å². The summed E-state index contributed by atoms with van der Waals surface area (Å²) >= 11 is 3.18. The van der Waals surface area contributed by atoms with Crippen molar-refractivity contribution in [2.45, 2.75) is 45.3 Å². The topological polar surface area (TPSA) is 136 Å². The predicted molar refractivity (Wildman–Crippen MR) is 108 cm³/mol. The zero-order valence-electron chi connectivity index (χ0n) is 16.8. The number of rotatable bonds is 5. The van der Waals surface area contributed by atoms with Gasteiger partial charge in [0.05, 0.1) is 21.5 Å². The standard InChI is InChI=1S/C19H19BrN2O9/c1-9(23)29-16-8-28-19(18(31-11(3)25)17(16)30-10(2)24)21-5-4-12-6-13(20)15(22(26)27)7-14(12)21/h4-7,16-19H,8H2,1-3H3/t16-,17+,18+,19+/m1/s1. The summed E-state index contributed by atoms with van der Waals surface area (Å²) in [6.45, 7) is 3.38. The molecule has 31 heavy (non-hydrogen) atoms. The van der Waals surface area contributed by atoms with E-state index in [-0.39, 0.29) is 12.3 Å². The van der Waals surface area contributed by atoms with Gasteiger partial charge in [0, 0.05) is 38.4 Å². The summed E-state index contributed by atoms with van der Waals surface area (Å²) in [5.74, 6) is -1.97. The number of carbonyl (C=O) groups excluding carboxylic acids is 3. The molecule has 12 heteroatoms. The Morgan fingerprint density at radius 1 is 1.10 bits per heavy atom. The summed E-state index contributed by atoms with van der Waals surface area (Å²) < 4.78 is 23.6. The van der Waals surface area contributed by atoms with Gasteiger partial charge in [-0.1, -0.05) is 0 Å². The number of esters is 3. The maximum Gasteiger partial charge on any atom is 0.303 e. The smallest absolute Gasteiger partial charge is 0.303 e. The van der Waals surface area contributed by atoms with Gasteiger partial charge >= 0.3 is 17.9 Å². The van der Waals surface area contributed by atoms with Gasteiger partial charge in [-0.15, -0.1) is 0 Å². The van der Waals surface area contributed by atoms with E-state index in [1.54, 1.807) is 22.9 Å². The first-order valence-electron chi connectivity index (χ1n) is 9.16. The van der Waals surface area contributed by atoms with Crippen molar-refractivity contribution in [3.63, 3.8) is 0 Å². The van der Waals surface area contributed by atoms with Gasteiger partial charge in [0.2, 0.25) is 0 Å². The second kappa shape index (κ2) is 9.02. The third-order valence-electron chi connectivity index (χ3n) is 4.58. The van der Waals surface area contributed by atoms with Gasteiger partial charge in [-0.3, -0.25) is 24.5 Å². The molecule has 1 aromatic carbocycles. The molecule has 0 spiro atoms. The predicted octanol–water partition coefficient (Wildman–Crippen LogP) is 2.64. The molecule has 3 rings (SSSR count). The lowest BCUT2D eigenvalue weighted by Gasteiger charge is -2.41. The average Bonchev–Trinajstić information content (AvgIpc) is 3.05. The normalized spacial score (nSPS) is 23.2. The van der Waals surface area contributed by atoms with Gasteiger partial charge in [-0.05, 0) is 28.1 Å². The Balaban J connectivity index is 2.09. The average molecular weight is 499 g/mol. The van der Waals surface area contributed by atoms with Crippen molar-refractivity contribution in [1.29, 1.82) is 0 Å². The molecule has 0 aliphatic carbocycles. The quantitative estimate of drug-likeness (QED) is 0.263. The third kappa shape index (κ3) is 4.85. The Hall–Kier alpha value is -2.99. The number of nitrogens with zero attached hydrogens (tertiary/aromatic N) is 2. The van der Waals surface area contributed by atoms with Gasteiger partial charge in [0.1, 0.15) is 0 Å². The zero-order valence-corrected chi connectivity index (χ0v) is 18.4. The Bertz CT molecular complexity index is 1050. The maximum absolute atomic E-state index is 11.8. The number of nitro groups is 1. The molecule has 0 bridgehead atoms. The van der Waals surface area contributed by atoms with Crippen molar-refractivity contribution < 1.29 is 38.3 Å². The fourth-order valence-corrected chi connectivity index (χ4v) is 3.99. The van der Waals surface area contributed by atoms with E-state index in [0.717, 1.165) is 0 Å². The number of nitro benzene ring substituents is 1. The van der Waals surface area contributed by atoms with Crippen LogP contribution in [0.4, 0.5) is 5.69 Å². The fourth-order valence-electron chi connectivity index (χ4n) is 3.49. The number of ether oxygens (including phenoxy) is 4. The van der Waals surface area contributed by atoms with Crippen molar-refractivity contribution in [3.8, 4) is 0 Å². The van der Waals surface area contributed by atoms with Crippen molar-refractivity contribution in [3.05, 3.63) is 39.0 Å². The maximum atomic E-state index is 11.8. The van der Waals surface area contributed by atoms with Gasteiger partial charge in [-0.25, -0.2) is 0 Å². The van der Waals surface area contributed by atoms with Gasteiger partial charge in [-0.2, -0.15) is 0 Å². The molecule has 0 amide bonds. The third-order valence-corrected chi connectivity index (χ3v) is 5.22. The molecule has 1 saturated heterocycles. The first-order valence-corrected chi connectivity index (χ1v) is 9.95. The van der Waals surface area contributed by atoms with Gasteiger partial charge < -0.3 is 23.5 Å². The van der Waals surface area contributed by atoms with E-state index in [2.05, 4.69) is 15.9 Å². The molecule has 2 aromatic rings.